The molecule has 1 atom stereocenters. The number of aliphatic hydroxyl groups is 1. The third kappa shape index (κ3) is 2.08. The quantitative estimate of drug-likeness (QED) is 0.836. The lowest BCUT2D eigenvalue weighted by molar-refractivity contribution is -0.147. The molecule has 0 radical (unpaired) electrons. The van der Waals surface area contributed by atoms with Gasteiger partial charge in [-0.25, -0.2) is 4.79 Å². The number of aliphatic carboxylic acids is 1. The predicted molar refractivity (Wildman–Crippen MR) is 51.5 cm³/mol. The Balaban J connectivity index is 3.15. The molecule has 0 amide bonds. The predicted octanol–water partition coefficient (Wildman–Crippen LogP) is 1.88. The summed E-state index contributed by atoms with van der Waals surface area (Å²) in [6, 6.07) is 5.12. The lowest BCUT2D eigenvalue weighted by Gasteiger charge is -2.09. The second-order valence-corrected chi connectivity index (χ2v) is 3.51. The number of aliphatic hydroxyl groups excluding tert-OH is 1. The second-order valence-electron chi connectivity index (χ2n) is 2.72. The van der Waals surface area contributed by atoms with Crippen LogP contribution in [0.5, 0.6) is 0 Å². The standard InChI is InChI=1S/C9H9BrO3/c1-5-3-2-4-6(7(5)10)8(11)9(12)13/h2-4,8,11H,1H3,(H,12,13). The molecule has 70 valence electrons. The first-order chi connectivity index (χ1) is 6.04. The monoisotopic (exact) mass is 244 g/mol. The maximum Gasteiger partial charge on any atom is 0.337 e. The minimum atomic E-state index is -1.46. The van der Waals surface area contributed by atoms with E-state index in [0.717, 1.165) is 5.56 Å². The molecule has 13 heavy (non-hydrogen) atoms. The highest BCUT2D eigenvalue weighted by Crippen LogP contribution is 2.26. The van der Waals surface area contributed by atoms with Crippen LogP contribution in [0.3, 0.4) is 0 Å². The average molecular weight is 245 g/mol. The topological polar surface area (TPSA) is 57.5 Å². The van der Waals surface area contributed by atoms with Crippen LogP contribution in [0, 0.1) is 6.92 Å². The van der Waals surface area contributed by atoms with Gasteiger partial charge in [0.2, 0.25) is 0 Å². The third-order valence-electron chi connectivity index (χ3n) is 1.75. The molecule has 0 saturated carbocycles. The van der Waals surface area contributed by atoms with Gasteiger partial charge in [0, 0.05) is 10.0 Å². The summed E-state index contributed by atoms with van der Waals surface area (Å²) in [7, 11) is 0. The number of aryl methyl sites for hydroxylation is 1. The van der Waals surface area contributed by atoms with Crippen LogP contribution >= 0.6 is 15.9 Å². The summed E-state index contributed by atoms with van der Waals surface area (Å²) in [4.78, 5) is 10.5. The number of halogens is 1. The van der Waals surface area contributed by atoms with Crippen LogP contribution in [0.2, 0.25) is 0 Å². The molecule has 4 heteroatoms. The van der Waals surface area contributed by atoms with Crippen molar-refractivity contribution >= 4 is 21.9 Å². The first kappa shape index (κ1) is 10.2. The van der Waals surface area contributed by atoms with Crippen LogP contribution in [-0.2, 0) is 4.79 Å². The van der Waals surface area contributed by atoms with Crippen molar-refractivity contribution in [2.45, 2.75) is 13.0 Å². The molecular formula is C9H9BrO3. The number of hydrogen-bond donors (Lipinski definition) is 2. The summed E-state index contributed by atoms with van der Waals surface area (Å²) >= 11 is 3.23. The lowest BCUT2D eigenvalue weighted by atomic mass is 10.1. The van der Waals surface area contributed by atoms with Gasteiger partial charge in [-0.05, 0) is 12.5 Å². The molecule has 0 bridgehead atoms. The summed E-state index contributed by atoms with van der Waals surface area (Å²) in [5.74, 6) is -1.24. The minimum absolute atomic E-state index is 0.382. The zero-order valence-electron chi connectivity index (χ0n) is 6.99. The number of carboxylic acids is 1. The Morgan fingerprint density at radius 3 is 2.69 bits per heavy atom. The van der Waals surface area contributed by atoms with Crippen molar-refractivity contribution in [2.24, 2.45) is 0 Å². The van der Waals surface area contributed by atoms with Gasteiger partial charge >= 0.3 is 5.97 Å². The Bertz CT molecular complexity index is 336. The van der Waals surface area contributed by atoms with E-state index in [4.69, 9.17) is 5.11 Å². The van der Waals surface area contributed by atoms with Gasteiger partial charge in [-0.1, -0.05) is 34.1 Å². The molecule has 0 heterocycles. The van der Waals surface area contributed by atoms with E-state index >= 15 is 0 Å². The Morgan fingerprint density at radius 2 is 2.15 bits per heavy atom. The largest absolute Gasteiger partial charge is 0.479 e. The van der Waals surface area contributed by atoms with Gasteiger partial charge in [0.05, 0.1) is 0 Å². The van der Waals surface area contributed by atoms with Gasteiger partial charge < -0.3 is 10.2 Å². The van der Waals surface area contributed by atoms with Crippen molar-refractivity contribution in [2.75, 3.05) is 0 Å². The van der Waals surface area contributed by atoms with Crippen LogP contribution in [0.15, 0.2) is 22.7 Å². The Kier molecular flexibility index (Phi) is 3.06. The molecule has 1 aromatic rings. The van der Waals surface area contributed by atoms with Crippen molar-refractivity contribution in [3.05, 3.63) is 33.8 Å². The van der Waals surface area contributed by atoms with Crippen molar-refractivity contribution in [3.8, 4) is 0 Å². The van der Waals surface area contributed by atoms with E-state index in [-0.39, 0.29) is 0 Å². The first-order valence-corrected chi connectivity index (χ1v) is 4.49. The van der Waals surface area contributed by atoms with E-state index in [0.29, 0.717) is 10.0 Å². The van der Waals surface area contributed by atoms with Crippen LogP contribution in [0.4, 0.5) is 0 Å². The van der Waals surface area contributed by atoms with E-state index in [1.807, 2.05) is 13.0 Å². The number of rotatable bonds is 2. The number of carbonyl (C=O) groups is 1. The van der Waals surface area contributed by atoms with Crippen molar-refractivity contribution in [1.29, 1.82) is 0 Å². The molecule has 0 saturated heterocycles. The van der Waals surface area contributed by atoms with Crippen LogP contribution < -0.4 is 0 Å². The van der Waals surface area contributed by atoms with Gasteiger partial charge in [0.15, 0.2) is 6.10 Å². The number of hydrogen-bond acceptors (Lipinski definition) is 2. The molecule has 0 aromatic heterocycles. The fourth-order valence-electron chi connectivity index (χ4n) is 1.01. The van der Waals surface area contributed by atoms with E-state index in [9.17, 15) is 9.90 Å². The van der Waals surface area contributed by atoms with Crippen molar-refractivity contribution in [1.82, 2.24) is 0 Å². The van der Waals surface area contributed by atoms with Crippen molar-refractivity contribution in [3.63, 3.8) is 0 Å². The van der Waals surface area contributed by atoms with Gasteiger partial charge in [-0.15, -0.1) is 0 Å². The molecule has 1 rings (SSSR count). The molecule has 0 fully saturated rings. The molecule has 1 unspecified atom stereocenters. The lowest BCUT2D eigenvalue weighted by Crippen LogP contribution is -2.11. The van der Waals surface area contributed by atoms with Crippen molar-refractivity contribution < 1.29 is 15.0 Å². The average Bonchev–Trinajstić information content (AvgIpc) is 2.08. The highest BCUT2D eigenvalue weighted by Gasteiger charge is 2.18. The zero-order chi connectivity index (χ0) is 10.0. The van der Waals surface area contributed by atoms with Gasteiger partial charge in [0.25, 0.3) is 0 Å². The maximum absolute atomic E-state index is 10.5. The van der Waals surface area contributed by atoms with E-state index < -0.39 is 12.1 Å². The summed E-state index contributed by atoms with van der Waals surface area (Å²) in [5.41, 5.74) is 1.28. The number of carboxylic acid groups (broad SMARTS) is 1. The Labute approximate surface area is 84.1 Å². The Hall–Kier alpha value is -0.870. The summed E-state index contributed by atoms with van der Waals surface area (Å²) in [6.07, 6.45) is -1.46. The highest BCUT2D eigenvalue weighted by molar-refractivity contribution is 9.10. The molecule has 0 aliphatic carbocycles. The van der Waals surface area contributed by atoms with Gasteiger partial charge in [-0.3, -0.25) is 0 Å². The van der Waals surface area contributed by atoms with E-state index in [2.05, 4.69) is 15.9 Å². The van der Waals surface area contributed by atoms with Crippen LogP contribution in [-0.4, -0.2) is 16.2 Å². The normalized spacial score (nSPS) is 12.5. The maximum atomic E-state index is 10.5. The SMILES string of the molecule is Cc1cccc(C(O)C(=O)O)c1Br. The molecule has 0 spiro atoms. The minimum Gasteiger partial charge on any atom is -0.479 e. The molecule has 2 N–H and O–H groups in total. The second kappa shape index (κ2) is 3.89. The first-order valence-electron chi connectivity index (χ1n) is 3.70. The fourth-order valence-corrected chi connectivity index (χ4v) is 1.50. The smallest absolute Gasteiger partial charge is 0.337 e. The summed E-state index contributed by atoms with van der Waals surface area (Å²) < 4.78 is 0.643. The van der Waals surface area contributed by atoms with Crippen LogP contribution in [0.25, 0.3) is 0 Å². The molecule has 1 aromatic carbocycles. The molecular weight excluding hydrogens is 236 g/mol. The third-order valence-corrected chi connectivity index (χ3v) is 2.83. The van der Waals surface area contributed by atoms with Gasteiger partial charge in [-0.2, -0.15) is 0 Å². The summed E-state index contributed by atoms with van der Waals surface area (Å²) in [5, 5.41) is 17.9. The van der Waals surface area contributed by atoms with E-state index in [1.54, 1.807) is 12.1 Å². The fraction of sp³-hybridized carbons (Fsp3) is 0.222. The zero-order valence-corrected chi connectivity index (χ0v) is 8.58. The molecule has 0 aliphatic heterocycles. The van der Waals surface area contributed by atoms with E-state index in [1.165, 1.54) is 0 Å². The highest BCUT2D eigenvalue weighted by atomic mass is 79.9. The summed E-state index contributed by atoms with van der Waals surface area (Å²) in [6.45, 7) is 1.84. The van der Waals surface area contributed by atoms with Crippen LogP contribution in [0.1, 0.15) is 17.2 Å². The number of benzene rings is 1. The van der Waals surface area contributed by atoms with Gasteiger partial charge in [0.1, 0.15) is 0 Å². The Morgan fingerprint density at radius 1 is 1.54 bits per heavy atom. The molecule has 0 aliphatic rings. The molecule has 3 nitrogen and oxygen atoms in total.